The number of aliphatic carboxylic acids is 1. The van der Waals surface area contributed by atoms with Gasteiger partial charge in [-0.15, -0.1) is 0 Å². The van der Waals surface area contributed by atoms with Crippen LogP contribution >= 0.6 is 11.6 Å². The number of amides is 3. The second-order valence-electron chi connectivity index (χ2n) is 7.94. The molecular weight excluding hydrogens is 398 g/mol. The number of hydrogen-bond acceptors (Lipinski definition) is 5. The molecule has 3 amide bonds. The highest BCUT2D eigenvalue weighted by Gasteiger charge is 2.73. The van der Waals surface area contributed by atoms with Gasteiger partial charge in [-0.3, -0.25) is 19.3 Å². The quantitative estimate of drug-likeness (QED) is 0.594. The first-order valence-electron chi connectivity index (χ1n) is 9.83. The molecule has 9 heteroatoms. The van der Waals surface area contributed by atoms with Crippen molar-refractivity contribution in [1.82, 2.24) is 4.90 Å². The number of nitrogens with one attached hydrogen (secondary N) is 1. The minimum Gasteiger partial charge on any atom is -0.550 e. The lowest BCUT2D eigenvalue weighted by Crippen LogP contribution is -2.99. The van der Waals surface area contributed by atoms with Gasteiger partial charge in [0.25, 0.3) is 5.91 Å². The second kappa shape index (κ2) is 7.11. The number of carboxylic acid groups (broad SMARTS) is 1. The number of nitrogens with zero attached hydrogens (tertiary/aromatic N) is 1. The van der Waals surface area contributed by atoms with Crippen molar-refractivity contribution in [2.24, 2.45) is 11.8 Å². The zero-order valence-electron chi connectivity index (χ0n) is 15.9. The topological polar surface area (TPSA) is 123 Å². The number of carbonyl (C=O) groups is 4. The summed E-state index contributed by atoms with van der Waals surface area (Å²) in [5.74, 6) is -3.95. The van der Waals surface area contributed by atoms with E-state index in [0.29, 0.717) is 29.2 Å². The molecule has 0 aromatic heterocycles. The third kappa shape index (κ3) is 2.85. The number of unbranched alkanes of at least 4 members (excludes halogenated alkanes) is 1. The average molecular weight is 420 g/mol. The Morgan fingerprint density at radius 2 is 2.07 bits per heavy atom. The highest BCUT2D eigenvalue weighted by molar-refractivity contribution is 6.31. The van der Waals surface area contributed by atoms with Crippen molar-refractivity contribution in [3.05, 3.63) is 28.8 Å². The van der Waals surface area contributed by atoms with E-state index in [1.54, 1.807) is 23.5 Å². The smallest absolute Gasteiger partial charge is 0.291 e. The molecule has 0 unspecified atom stereocenters. The van der Waals surface area contributed by atoms with Gasteiger partial charge in [0.15, 0.2) is 0 Å². The molecule has 4 atom stereocenters. The standard InChI is InChI=1S/C20H22ClN3O5/c1-2-3-8-24-17(27)15-13(6-7-14(25)26)23-20(16(15)18(24)28)11-9-10(21)4-5-12(11)22-19(20)29/h4-5,9,13,15-16,23H,2-3,6-8H2,1H3,(H,22,29)(H,25,26)/t13-,15-,16+,20+/m1/s1. The normalized spacial score (nSPS) is 30.1. The fourth-order valence-electron chi connectivity index (χ4n) is 5.08. The summed E-state index contributed by atoms with van der Waals surface area (Å²) in [4.78, 5) is 51.9. The van der Waals surface area contributed by atoms with Crippen LogP contribution in [0.5, 0.6) is 0 Å². The van der Waals surface area contributed by atoms with Crippen LogP contribution in [0.3, 0.4) is 0 Å². The first-order chi connectivity index (χ1) is 13.8. The molecule has 0 bridgehead atoms. The van der Waals surface area contributed by atoms with Gasteiger partial charge in [0.1, 0.15) is 17.9 Å². The van der Waals surface area contributed by atoms with Crippen LogP contribution in [0.15, 0.2) is 18.2 Å². The summed E-state index contributed by atoms with van der Waals surface area (Å²) in [6, 6.07) is 4.46. The Hall–Kier alpha value is -2.45. The van der Waals surface area contributed by atoms with Crippen LogP contribution in [0, 0.1) is 11.8 Å². The lowest BCUT2D eigenvalue weighted by molar-refractivity contribution is -0.734. The van der Waals surface area contributed by atoms with E-state index in [-0.39, 0.29) is 30.6 Å². The largest absolute Gasteiger partial charge is 0.550 e. The van der Waals surface area contributed by atoms with Crippen molar-refractivity contribution in [3.63, 3.8) is 0 Å². The summed E-state index contributed by atoms with van der Waals surface area (Å²) < 4.78 is 0. The molecule has 3 aliphatic heterocycles. The van der Waals surface area contributed by atoms with E-state index in [9.17, 15) is 24.3 Å². The molecule has 154 valence electrons. The predicted octanol–water partition coefficient (Wildman–Crippen LogP) is -0.636. The molecule has 4 rings (SSSR count). The minimum absolute atomic E-state index is 0.134. The lowest BCUT2D eigenvalue weighted by Gasteiger charge is -2.26. The van der Waals surface area contributed by atoms with Gasteiger partial charge in [-0.1, -0.05) is 24.9 Å². The summed E-state index contributed by atoms with van der Waals surface area (Å²) in [6.45, 7) is 2.26. The Bertz CT molecular complexity index is 919. The Morgan fingerprint density at radius 1 is 1.31 bits per heavy atom. The van der Waals surface area contributed by atoms with Gasteiger partial charge in [-0.25, -0.2) is 0 Å². The fourth-order valence-corrected chi connectivity index (χ4v) is 5.25. The third-order valence-corrected chi connectivity index (χ3v) is 6.57. The molecule has 8 nitrogen and oxygen atoms in total. The monoisotopic (exact) mass is 419 g/mol. The van der Waals surface area contributed by atoms with Crippen molar-refractivity contribution in [3.8, 4) is 0 Å². The number of imide groups is 1. The van der Waals surface area contributed by atoms with Gasteiger partial charge in [-0.05, 0) is 31.0 Å². The van der Waals surface area contributed by atoms with Crippen molar-refractivity contribution >= 4 is 41.0 Å². The van der Waals surface area contributed by atoms with Crippen molar-refractivity contribution in [2.75, 3.05) is 11.9 Å². The maximum absolute atomic E-state index is 13.3. The summed E-state index contributed by atoms with van der Waals surface area (Å²) in [6.07, 6.45) is 1.37. The molecule has 1 aromatic rings. The van der Waals surface area contributed by atoms with Crippen molar-refractivity contribution in [1.29, 1.82) is 0 Å². The van der Waals surface area contributed by atoms with Crippen LogP contribution in [0.25, 0.3) is 0 Å². The molecule has 3 N–H and O–H groups in total. The molecule has 1 spiro atoms. The van der Waals surface area contributed by atoms with Gasteiger partial charge in [0.05, 0.1) is 5.69 Å². The number of halogens is 1. The van der Waals surface area contributed by atoms with Crippen LogP contribution in [-0.2, 0) is 24.7 Å². The molecule has 0 aliphatic carbocycles. The molecule has 3 heterocycles. The number of quaternary nitrogens is 1. The fraction of sp³-hybridized carbons (Fsp3) is 0.500. The zero-order valence-corrected chi connectivity index (χ0v) is 16.7. The Labute approximate surface area is 172 Å². The maximum Gasteiger partial charge on any atom is 0.291 e. The number of benzene rings is 1. The SMILES string of the molecule is CCCCN1C(=O)[C@H]2[C@@H](C1=O)[C@]1([NH2+][C@@H]2CCC(=O)[O-])C(=O)Nc2ccc(Cl)cc21. The van der Waals surface area contributed by atoms with E-state index in [4.69, 9.17) is 11.6 Å². The van der Waals surface area contributed by atoms with E-state index in [1.807, 2.05) is 6.92 Å². The van der Waals surface area contributed by atoms with E-state index in [1.165, 1.54) is 4.90 Å². The first-order valence-corrected chi connectivity index (χ1v) is 10.2. The Morgan fingerprint density at radius 3 is 2.76 bits per heavy atom. The number of rotatable bonds is 6. The molecular formula is C20H22ClN3O5. The minimum atomic E-state index is -1.32. The third-order valence-electron chi connectivity index (χ3n) is 6.34. The van der Waals surface area contributed by atoms with Crippen LogP contribution < -0.4 is 15.7 Å². The van der Waals surface area contributed by atoms with Gasteiger partial charge in [0, 0.05) is 29.5 Å². The van der Waals surface area contributed by atoms with Gasteiger partial charge < -0.3 is 20.5 Å². The number of likely N-dealkylation sites (tertiary alicyclic amines) is 1. The predicted molar refractivity (Wildman–Crippen MR) is 100 cm³/mol. The van der Waals surface area contributed by atoms with Crippen molar-refractivity contribution in [2.45, 2.75) is 44.2 Å². The summed E-state index contributed by atoms with van der Waals surface area (Å²) >= 11 is 6.18. The van der Waals surface area contributed by atoms with E-state index >= 15 is 0 Å². The number of carboxylic acids is 1. The van der Waals surface area contributed by atoms with Gasteiger partial charge in [-0.2, -0.15) is 0 Å². The summed E-state index contributed by atoms with van der Waals surface area (Å²) in [5, 5.41) is 16.0. The second-order valence-corrected chi connectivity index (χ2v) is 8.38. The van der Waals surface area contributed by atoms with Crippen LogP contribution in [-0.4, -0.2) is 41.2 Å². The number of carbonyl (C=O) groups excluding carboxylic acids is 4. The number of nitrogens with two attached hydrogens (primary N) is 1. The first kappa shape index (κ1) is 19.8. The van der Waals surface area contributed by atoms with E-state index in [2.05, 4.69) is 5.32 Å². The Balaban J connectivity index is 1.81. The molecule has 0 saturated carbocycles. The van der Waals surface area contributed by atoms with E-state index in [0.717, 1.165) is 6.42 Å². The van der Waals surface area contributed by atoms with Gasteiger partial charge in [0.2, 0.25) is 17.4 Å². The number of fused-ring (bicyclic) bond motifs is 4. The molecule has 2 saturated heterocycles. The van der Waals surface area contributed by atoms with Crippen LogP contribution in [0.2, 0.25) is 5.02 Å². The molecule has 0 radical (unpaired) electrons. The lowest BCUT2D eigenvalue weighted by atomic mass is 9.76. The van der Waals surface area contributed by atoms with E-state index < -0.39 is 29.4 Å². The summed E-state index contributed by atoms with van der Waals surface area (Å²) in [5.41, 5.74) is -0.198. The van der Waals surface area contributed by atoms with Crippen LogP contribution in [0.1, 0.15) is 38.2 Å². The van der Waals surface area contributed by atoms with Gasteiger partial charge >= 0.3 is 0 Å². The zero-order chi connectivity index (χ0) is 20.9. The highest BCUT2D eigenvalue weighted by Crippen LogP contribution is 2.50. The summed E-state index contributed by atoms with van der Waals surface area (Å²) in [7, 11) is 0. The van der Waals surface area contributed by atoms with Crippen LogP contribution in [0.4, 0.5) is 5.69 Å². The average Bonchev–Trinajstić information content (AvgIpc) is 3.24. The van der Waals surface area contributed by atoms with Crippen molar-refractivity contribution < 1.29 is 29.6 Å². The number of anilines is 1. The molecule has 1 aromatic carbocycles. The number of hydrogen-bond donors (Lipinski definition) is 2. The highest BCUT2D eigenvalue weighted by atomic mass is 35.5. The Kier molecular flexibility index (Phi) is 4.86. The maximum atomic E-state index is 13.3. The molecule has 29 heavy (non-hydrogen) atoms. The molecule has 2 fully saturated rings. The molecule has 3 aliphatic rings.